The van der Waals surface area contributed by atoms with Gasteiger partial charge in [0.05, 0.1) is 30.0 Å². The molecule has 140 valence electrons. The summed E-state index contributed by atoms with van der Waals surface area (Å²) in [5.74, 6) is 0.215. The van der Waals surface area contributed by atoms with Gasteiger partial charge < -0.3 is 19.7 Å². The molecule has 3 N–H and O–H groups in total. The summed E-state index contributed by atoms with van der Waals surface area (Å²) < 4.78 is 10.5. The Kier molecular flexibility index (Phi) is 6.57. The number of amides is 1. The van der Waals surface area contributed by atoms with Crippen LogP contribution in [0.3, 0.4) is 0 Å². The number of fused-ring (bicyclic) bond motifs is 1. The first-order valence-electron chi connectivity index (χ1n) is 7.92. The van der Waals surface area contributed by atoms with E-state index in [1.165, 1.54) is 18.9 Å². The van der Waals surface area contributed by atoms with Gasteiger partial charge in [0.25, 0.3) is 0 Å². The minimum Gasteiger partial charge on any atom is -0.507 e. The van der Waals surface area contributed by atoms with Crippen LogP contribution in [0.4, 0.5) is 10.5 Å². The molecule has 1 atom stereocenters. The third-order valence-electron chi connectivity index (χ3n) is 3.77. The van der Waals surface area contributed by atoms with Crippen molar-refractivity contribution in [2.75, 3.05) is 24.8 Å². The van der Waals surface area contributed by atoms with Gasteiger partial charge in [0.1, 0.15) is 11.5 Å². The predicted octanol–water partition coefficient (Wildman–Crippen LogP) is 3.62. The molecule has 0 heterocycles. The molecule has 2 aromatic carbocycles. The van der Waals surface area contributed by atoms with Crippen molar-refractivity contribution < 1.29 is 29.3 Å². The number of hydrogen-bond acceptors (Lipinski definition) is 6. The van der Waals surface area contributed by atoms with Gasteiger partial charge >= 0.3 is 12.1 Å². The summed E-state index contributed by atoms with van der Waals surface area (Å²) in [4.78, 5) is 22.4. The number of nitrogens with one attached hydrogen (secondary N) is 1. The Morgan fingerprint density at radius 3 is 2.73 bits per heavy atom. The van der Waals surface area contributed by atoms with Crippen LogP contribution in [0.2, 0.25) is 0 Å². The first-order valence-corrected chi connectivity index (χ1v) is 8.97. The lowest BCUT2D eigenvalue weighted by molar-refractivity contribution is -0.136. The van der Waals surface area contributed by atoms with E-state index in [-0.39, 0.29) is 12.4 Å². The van der Waals surface area contributed by atoms with Crippen molar-refractivity contribution in [2.24, 2.45) is 0 Å². The highest BCUT2D eigenvalue weighted by molar-refractivity contribution is 8.00. The molecule has 0 fully saturated rings. The van der Waals surface area contributed by atoms with Crippen LogP contribution in [0, 0.1) is 6.92 Å². The maximum Gasteiger partial charge on any atom is 0.411 e. The number of phenols is 1. The Morgan fingerprint density at radius 1 is 1.35 bits per heavy atom. The summed E-state index contributed by atoms with van der Waals surface area (Å²) in [6, 6.07) is 6.81. The fourth-order valence-electron chi connectivity index (χ4n) is 2.39. The summed E-state index contributed by atoms with van der Waals surface area (Å²) in [6.45, 7) is 3.66. The van der Waals surface area contributed by atoms with Gasteiger partial charge in [-0.05, 0) is 31.5 Å². The van der Waals surface area contributed by atoms with Gasteiger partial charge in [-0.3, -0.25) is 10.1 Å². The van der Waals surface area contributed by atoms with Crippen molar-refractivity contribution >= 4 is 40.3 Å². The second-order valence-electron chi connectivity index (χ2n) is 5.58. The van der Waals surface area contributed by atoms with E-state index >= 15 is 0 Å². The number of carboxylic acid groups (broad SMARTS) is 1. The molecular formula is C18H21NO6S. The number of rotatable bonds is 7. The SMILES string of the molecule is COC(=O)Nc1cccc2c(O)c(C)cc(OCCSC(C)C(=O)O)c12. The van der Waals surface area contributed by atoms with Gasteiger partial charge in [-0.2, -0.15) is 0 Å². The largest absolute Gasteiger partial charge is 0.507 e. The van der Waals surface area contributed by atoms with E-state index in [9.17, 15) is 14.7 Å². The zero-order valence-corrected chi connectivity index (χ0v) is 15.6. The van der Waals surface area contributed by atoms with Gasteiger partial charge in [-0.15, -0.1) is 11.8 Å². The lowest BCUT2D eigenvalue weighted by Gasteiger charge is -2.16. The average Bonchev–Trinajstić information content (AvgIpc) is 2.62. The Hall–Kier alpha value is -2.61. The smallest absolute Gasteiger partial charge is 0.411 e. The molecule has 1 unspecified atom stereocenters. The highest BCUT2D eigenvalue weighted by Gasteiger charge is 2.16. The molecule has 0 saturated heterocycles. The number of carbonyl (C=O) groups is 2. The number of thioether (sulfide) groups is 1. The first-order chi connectivity index (χ1) is 12.3. The minimum absolute atomic E-state index is 0.106. The number of hydrogen-bond donors (Lipinski definition) is 3. The van der Waals surface area contributed by atoms with E-state index in [0.717, 1.165) is 0 Å². The number of anilines is 1. The number of benzene rings is 2. The molecule has 0 radical (unpaired) electrons. The Morgan fingerprint density at radius 2 is 2.08 bits per heavy atom. The molecule has 26 heavy (non-hydrogen) atoms. The Labute approximate surface area is 155 Å². The third-order valence-corrected chi connectivity index (χ3v) is 4.87. The molecule has 8 heteroatoms. The molecule has 2 rings (SSSR count). The Balaban J connectivity index is 2.30. The number of aliphatic carboxylic acids is 1. The van der Waals surface area contributed by atoms with Crippen LogP contribution in [0.25, 0.3) is 10.8 Å². The van der Waals surface area contributed by atoms with Crippen molar-refractivity contribution in [1.29, 1.82) is 0 Å². The normalized spacial score (nSPS) is 11.8. The quantitative estimate of drug-likeness (QED) is 0.631. The topological polar surface area (TPSA) is 105 Å². The van der Waals surface area contributed by atoms with Crippen LogP contribution < -0.4 is 10.1 Å². The molecule has 0 bridgehead atoms. The molecule has 1 amide bonds. The lowest BCUT2D eigenvalue weighted by atomic mass is 10.0. The third kappa shape index (κ3) is 4.51. The number of ether oxygens (including phenoxy) is 2. The molecule has 0 aromatic heterocycles. The summed E-state index contributed by atoms with van der Waals surface area (Å²) in [5.41, 5.74) is 1.08. The van der Waals surface area contributed by atoms with Crippen LogP contribution in [0.5, 0.6) is 11.5 Å². The molecular weight excluding hydrogens is 358 g/mol. The summed E-state index contributed by atoms with van der Waals surface area (Å²) in [7, 11) is 1.26. The van der Waals surface area contributed by atoms with E-state index in [1.54, 1.807) is 38.1 Å². The van der Waals surface area contributed by atoms with Gasteiger partial charge in [-0.1, -0.05) is 12.1 Å². The molecule has 0 saturated carbocycles. The number of aryl methyl sites for hydroxylation is 1. The molecule has 0 spiro atoms. The monoisotopic (exact) mass is 379 g/mol. The zero-order valence-electron chi connectivity index (χ0n) is 14.7. The molecule has 0 aliphatic carbocycles. The van der Waals surface area contributed by atoms with Crippen LogP contribution in [0.1, 0.15) is 12.5 Å². The van der Waals surface area contributed by atoms with E-state index in [4.69, 9.17) is 9.84 Å². The lowest BCUT2D eigenvalue weighted by Crippen LogP contribution is -2.14. The molecule has 0 aliphatic rings. The van der Waals surface area contributed by atoms with Gasteiger partial charge in [0, 0.05) is 11.1 Å². The van der Waals surface area contributed by atoms with Crippen molar-refractivity contribution in [3.8, 4) is 11.5 Å². The number of carboxylic acids is 1. The second-order valence-corrected chi connectivity index (χ2v) is 7.03. The standard InChI is InChI=1S/C18H21NO6S/c1-10-9-14(25-7-8-26-11(2)17(21)22)15-12(16(10)20)5-4-6-13(15)19-18(23)24-3/h4-6,9,11,20H,7-8H2,1-3H3,(H,19,23)(H,21,22). The maximum absolute atomic E-state index is 11.6. The fraction of sp³-hybridized carbons (Fsp3) is 0.333. The first kappa shape index (κ1) is 19.7. The predicted molar refractivity (Wildman–Crippen MR) is 101 cm³/mol. The summed E-state index contributed by atoms with van der Waals surface area (Å²) in [5, 5.41) is 22.4. The second kappa shape index (κ2) is 8.66. The highest BCUT2D eigenvalue weighted by atomic mass is 32.2. The van der Waals surface area contributed by atoms with Gasteiger partial charge in [0.2, 0.25) is 0 Å². The van der Waals surface area contributed by atoms with Crippen LogP contribution in [-0.2, 0) is 9.53 Å². The zero-order chi connectivity index (χ0) is 19.3. The van der Waals surface area contributed by atoms with Crippen molar-refractivity contribution in [3.05, 3.63) is 29.8 Å². The van der Waals surface area contributed by atoms with Gasteiger partial charge in [-0.25, -0.2) is 4.79 Å². The van der Waals surface area contributed by atoms with Crippen LogP contribution in [0.15, 0.2) is 24.3 Å². The number of phenolic OH excluding ortho intramolecular Hbond substituents is 1. The highest BCUT2D eigenvalue weighted by Crippen LogP contribution is 2.40. The maximum atomic E-state index is 11.6. The van der Waals surface area contributed by atoms with Gasteiger partial charge in [0.15, 0.2) is 0 Å². The van der Waals surface area contributed by atoms with Crippen LogP contribution in [-0.4, -0.2) is 47.0 Å². The molecule has 2 aromatic rings. The van der Waals surface area contributed by atoms with E-state index < -0.39 is 17.3 Å². The Bertz CT molecular complexity index is 823. The summed E-state index contributed by atoms with van der Waals surface area (Å²) >= 11 is 1.27. The van der Waals surface area contributed by atoms with Crippen LogP contribution >= 0.6 is 11.8 Å². The number of carbonyl (C=O) groups excluding carboxylic acids is 1. The van der Waals surface area contributed by atoms with E-state index in [2.05, 4.69) is 10.1 Å². The number of methoxy groups -OCH3 is 1. The fourth-order valence-corrected chi connectivity index (χ4v) is 3.07. The van der Waals surface area contributed by atoms with Crippen molar-refractivity contribution in [1.82, 2.24) is 0 Å². The van der Waals surface area contributed by atoms with E-state index in [1.807, 2.05) is 0 Å². The van der Waals surface area contributed by atoms with E-state index in [0.29, 0.717) is 33.5 Å². The van der Waals surface area contributed by atoms with Crippen molar-refractivity contribution in [3.63, 3.8) is 0 Å². The minimum atomic E-state index is -0.870. The summed E-state index contributed by atoms with van der Waals surface area (Å²) in [6.07, 6.45) is -0.630. The number of aromatic hydroxyl groups is 1. The molecule has 7 nitrogen and oxygen atoms in total. The van der Waals surface area contributed by atoms with Crippen molar-refractivity contribution in [2.45, 2.75) is 19.1 Å². The average molecular weight is 379 g/mol. The molecule has 0 aliphatic heterocycles.